The van der Waals surface area contributed by atoms with Gasteiger partial charge in [0.05, 0.1) is 16.0 Å². The molecule has 0 aromatic heterocycles. The van der Waals surface area contributed by atoms with E-state index < -0.39 is 4.92 Å². The van der Waals surface area contributed by atoms with Gasteiger partial charge < -0.3 is 4.74 Å². The minimum atomic E-state index is -0.445. The van der Waals surface area contributed by atoms with Gasteiger partial charge in [0.1, 0.15) is 0 Å². The van der Waals surface area contributed by atoms with Crippen molar-refractivity contribution >= 4 is 21.6 Å². The topological polar surface area (TPSA) is 52.4 Å². The maximum atomic E-state index is 10.8. The molecule has 0 bridgehead atoms. The fraction of sp³-hybridized carbons (Fsp3) is 0.400. The van der Waals surface area contributed by atoms with E-state index in [-0.39, 0.29) is 5.69 Å². The summed E-state index contributed by atoms with van der Waals surface area (Å²) in [7, 11) is 0. The van der Waals surface area contributed by atoms with E-state index >= 15 is 0 Å². The molecule has 0 radical (unpaired) electrons. The van der Waals surface area contributed by atoms with Gasteiger partial charge in [0.25, 0.3) is 0 Å². The van der Waals surface area contributed by atoms with E-state index in [2.05, 4.69) is 15.9 Å². The Balaban J connectivity index is 2.96. The average Bonchev–Trinajstić information content (AvgIpc) is 2.13. The summed E-state index contributed by atoms with van der Waals surface area (Å²) in [6.07, 6.45) is 0. The van der Waals surface area contributed by atoms with Crippen LogP contribution >= 0.6 is 15.9 Å². The lowest BCUT2D eigenvalue weighted by Gasteiger charge is -2.09. The number of nitro groups is 1. The molecule has 0 heterocycles. The number of ether oxygens (including phenoxy) is 1. The first-order chi connectivity index (χ1) is 7.02. The lowest BCUT2D eigenvalue weighted by atomic mass is 10.2. The molecular formula is C10H12BrNO3. The van der Waals surface area contributed by atoms with Gasteiger partial charge in [0, 0.05) is 0 Å². The van der Waals surface area contributed by atoms with Crippen molar-refractivity contribution in [1.82, 2.24) is 0 Å². The number of halogens is 1. The maximum Gasteiger partial charge on any atom is 0.324 e. The number of hydrogen-bond donors (Lipinski definition) is 0. The van der Waals surface area contributed by atoms with Gasteiger partial charge in [-0.05, 0) is 34.0 Å². The van der Waals surface area contributed by atoms with Gasteiger partial charge in [-0.1, -0.05) is 19.9 Å². The highest BCUT2D eigenvalue weighted by molar-refractivity contribution is 9.10. The van der Waals surface area contributed by atoms with Crippen molar-refractivity contribution in [1.29, 1.82) is 0 Å². The van der Waals surface area contributed by atoms with E-state index in [1.165, 1.54) is 0 Å². The summed E-state index contributed by atoms with van der Waals surface area (Å²) in [6.45, 7) is 4.45. The van der Waals surface area contributed by atoms with Gasteiger partial charge in [-0.2, -0.15) is 0 Å². The van der Waals surface area contributed by atoms with Crippen LogP contribution in [0, 0.1) is 16.0 Å². The summed E-state index contributed by atoms with van der Waals surface area (Å²) in [5, 5.41) is 10.8. The molecule has 0 atom stereocenters. The fourth-order valence-electron chi connectivity index (χ4n) is 1.05. The summed E-state index contributed by atoms with van der Waals surface area (Å²) < 4.78 is 5.81. The average molecular weight is 274 g/mol. The predicted molar refractivity (Wildman–Crippen MR) is 61.1 cm³/mol. The zero-order valence-electron chi connectivity index (χ0n) is 8.57. The van der Waals surface area contributed by atoms with Crippen molar-refractivity contribution in [2.24, 2.45) is 5.92 Å². The summed E-state index contributed by atoms with van der Waals surface area (Å²) >= 11 is 3.13. The van der Waals surface area contributed by atoms with Crippen LogP contribution in [0.1, 0.15) is 13.8 Å². The van der Waals surface area contributed by atoms with Gasteiger partial charge in [0.2, 0.25) is 0 Å². The van der Waals surface area contributed by atoms with E-state index in [4.69, 9.17) is 4.74 Å². The van der Waals surface area contributed by atoms with Gasteiger partial charge in [-0.3, -0.25) is 10.1 Å². The monoisotopic (exact) mass is 273 g/mol. The third kappa shape index (κ3) is 3.20. The number of benzene rings is 1. The molecule has 1 rings (SSSR count). The van der Waals surface area contributed by atoms with Gasteiger partial charge in [0.15, 0.2) is 5.75 Å². The molecule has 4 nitrogen and oxygen atoms in total. The van der Waals surface area contributed by atoms with E-state index in [9.17, 15) is 10.1 Å². The molecule has 0 unspecified atom stereocenters. The van der Waals surface area contributed by atoms with Crippen LogP contribution in [0.5, 0.6) is 5.75 Å². The maximum absolute atomic E-state index is 10.8. The van der Waals surface area contributed by atoms with E-state index in [0.29, 0.717) is 22.7 Å². The van der Waals surface area contributed by atoms with Crippen LogP contribution in [-0.2, 0) is 0 Å². The SMILES string of the molecule is CC(C)COc1cccc(Br)c1[N+](=O)[O-]. The van der Waals surface area contributed by atoms with E-state index in [1.54, 1.807) is 18.2 Å². The highest BCUT2D eigenvalue weighted by Gasteiger charge is 2.19. The quantitative estimate of drug-likeness (QED) is 0.624. The Hall–Kier alpha value is -1.10. The first-order valence-electron chi connectivity index (χ1n) is 4.58. The van der Waals surface area contributed by atoms with Crippen molar-refractivity contribution in [3.05, 3.63) is 32.8 Å². The van der Waals surface area contributed by atoms with Gasteiger partial charge in [-0.25, -0.2) is 0 Å². The number of nitro benzene ring substituents is 1. The van der Waals surface area contributed by atoms with Crippen molar-refractivity contribution in [3.63, 3.8) is 0 Å². The summed E-state index contributed by atoms with van der Waals surface area (Å²) in [4.78, 5) is 10.3. The van der Waals surface area contributed by atoms with Crippen molar-refractivity contribution in [3.8, 4) is 5.75 Å². The molecule has 82 valence electrons. The van der Waals surface area contributed by atoms with Crippen molar-refractivity contribution < 1.29 is 9.66 Å². The standard InChI is InChI=1S/C10H12BrNO3/c1-7(2)6-15-9-5-3-4-8(11)10(9)12(13)14/h3-5,7H,6H2,1-2H3. The molecule has 1 aromatic rings. The predicted octanol–water partition coefficient (Wildman–Crippen LogP) is 3.39. The second-order valence-corrected chi connectivity index (χ2v) is 4.40. The fourth-order valence-corrected chi connectivity index (χ4v) is 1.54. The molecule has 0 spiro atoms. The first-order valence-corrected chi connectivity index (χ1v) is 5.37. The van der Waals surface area contributed by atoms with E-state index in [1.807, 2.05) is 13.8 Å². The molecule has 1 aromatic carbocycles. The Morgan fingerprint density at radius 1 is 1.53 bits per heavy atom. The normalized spacial score (nSPS) is 10.4. The lowest BCUT2D eigenvalue weighted by molar-refractivity contribution is -0.386. The molecule has 0 aliphatic rings. The molecule has 0 saturated heterocycles. The highest BCUT2D eigenvalue weighted by Crippen LogP contribution is 2.34. The number of rotatable bonds is 4. The zero-order valence-corrected chi connectivity index (χ0v) is 10.2. The molecule has 0 N–H and O–H groups in total. The Kier molecular flexibility index (Phi) is 4.08. The van der Waals surface area contributed by atoms with E-state index in [0.717, 1.165) is 0 Å². The van der Waals surface area contributed by atoms with Crippen LogP contribution in [0.15, 0.2) is 22.7 Å². The van der Waals surface area contributed by atoms with Crippen LogP contribution in [0.25, 0.3) is 0 Å². The summed E-state index contributed by atoms with van der Waals surface area (Å²) in [5.41, 5.74) is -0.0156. The van der Waals surface area contributed by atoms with Crippen molar-refractivity contribution in [2.45, 2.75) is 13.8 Å². The second-order valence-electron chi connectivity index (χ2n) is 3.55. The Bertz CT molecular complexity index is 366. The van der Waals surface area contributed by atoms with Gasteiger partial charge in [-0.15, -0.1) is 0 Å². The van der Waals surface area contributed by atoms with Crippen LogP contribution in [0.4, 0.5) is 5.69 Å². The van der Waals surface area contributed by atoms with Crippen molar-refractivity contribution in [2.75, 3.05) is 6.61 Å². The minimum Gasteiger partial charge on any atom is -0.487 e. The molecule has 5 heteroatoms. The molecule has 0 amide bonds. The third-order valence-corrected chi connectivity index (χ3v) is 2.34. The Morgan fingerprint density at radius 3 is 2.73 bits per heavy atom. The molecule has 0 aliphatic heterocycles. The third-order valence-electron chi connectivity index (χ3n) is 1.70. The summed E-state index contributed by atoms with van der Waals surface area (Å²) in [6, 6.07) is 4.94. The largest absolute Gasteiger partial charge is 0.487 e. The minimum absolute atomic E-state index is 0.0156. The molecule has 0 fully saturated rings. The van der Waals surface area contributed by atoms with Crippen LogP contribution < -0.4 is 4.74 Å². The van der Waals surface area contributed by atoms with Crippen LogP contribution in [-0.4, -0.2) is 11.5 Å². The number of para-hydroxylation sites is 1. The zero-order chi connectivity index (χ0) is 11.4. The van der Waals surface area contributed by atoms with Crippen LogP contribution in [0.2, 0.25) is 0 Å². The first kappa shape index (κ1) is 12.0. The van der Waals surface area contributed by atoms with Gasteiger partial charge >= 0.3 is 5.69 Å². The summed E-state index contributed by atoms with van der Waals surface area (Å²) in [5.74, 6) is 0.645. The molecule has 0 aliphatic carbocycles. The van der Waals surface area contributed by atoms with Crippen LogP contribution in [0.3, 0.4) is 0 Å². The number of nitrogens with zero attached hydrogens (tertiary/aromatic N) is 1. The molecule has 15 heavy (non-hydrogen) atoms. The highest BCUT2D eigenvalue weighted by atomic mass is 79.9. The molecular weight excluding hydrogens is 262 g/mol. The molecule has 0 saturated carbocycles. The Labute approximate surface area is 96.5 Å². The lowest BCUT2D eigenvalue weighted by Crippen LogP contribution is -2.06. The second kappa shape index (κ2) is 5.11. The Morgan fingerprint density at radius 2 is 2.20 bits per heavy atom. The smallest absolute Gasteiger partial charge is 0.324 e. The number of hydrogen-bond acceptors (Lipinski definition) is 3.